The molecule has 0 fully saturated rings. The molecule has 0 saturated heterocycles. The third-order valence-electron chi connectivity index (χ3n) is 4.97. The van der Waals surface area contributed by atoms with Gasteiger partial charge in [0.1, 0.15) is 0 Å². The Morgan fingerprint density at radius 3 is 2.19 bits per heavy atom. The molecule has 0 atom stereocenters. The molecular formula is C27H26. The molecule has 0 N–H and O–H groups in total. The third-order valence-corrected chi connectivity index (χ3v) is 4.97. The molecule has 0 unspecified atom stereocenters. The molecule has 0 heterocycles. The number of rotatable bonds is 6. The van der Waals surface area contributed by atoms with Crippen LogP contribution in [0.5, 0.6) is 0 Å². The van der Waals surface area contributed by atoms with Crippen LogP contribution < -0.4 is 0 Å². The van der Waals surface area contributed by atoms with Crippen LogP contribution in [0.3, 0.4) is 0 Å². The van der Waals surface area contributed by atoms with Crippen molar-refractivity contribution in [3.05, 3.63) is 101 Å². The molecular weight excluding hydrogens is 324 g/mol. The Morgan fingerprint density at radius 1 is 0.852 bits per heavy atom. The van der Waals surface area contributed by atoms with Gasteiger partial charge in [-0.2, -0.15) is 0 Å². The molecule has 0 aliphatic heterocycles. The van der Waals surface area contributed by atoms with Crippen molar-refractivity contribution in [3.8, 4) is 23.5 Å². The summed E-state index contributed by atoms with van der Waals surface area (Å²) in [6.07, 6.45) is 8.69. The van der Waals surface area contributed by atoms with E-state index in [-0.39, 0.29) is 0 Å². The Balaban J connectivity index is 1.93. The number of hydrogen-bond acceptors (Lipinski definition) is 0. The van der Waals surface area contributed by atoms with Crippen LogP contribution in [-0.4, -0.2) is 0 Å². The van der Waals surface area contributed by atoms with Gasteiger partial charge in [-0.1, -0.05) is 98.1 Å². The van der Waals surface area contributed by atoms with E-state index >= 15 is 0 Å². The van der Waals surface area contributed by atoms with E-state index in [9.17, 15) is 0 Å². The van der Waals surface area contributed by atoms with E-state index in [4.69, 9.17) is 6.42 Å². The first-order valence-corrected chi connectivity index (χ1v) is 9.62. The largest absolute Gasteiger partial charge is 0.115 e. The zero-order valence-corrected chi connectivity index (χ0v) is 16.2. The van der Waals surface area contributed by atoms with E-state index in [2.05, 4.69) is 91.7 Å². The van der Waals surface area contributed by atoms with Crippen LogP contribution in [0.15, 0.2) is 84.4 Å². The van der Waals surface area contributed by atoms with Gasteiger partial charge in [-0.15, -0.1) is 6.42 Å². The predicted octanol–water partition coefficient (Wildman–Crippen LogP) is 7.15. The van der Waals surface area contributed by atoms with Crippen LogP contribution in [0, 0.1) is 12.3 Å². The van der Waals surface area contributed by atoms with Crippen molar-refractivity contribution >= 4 is 5.57 Å². The van der Waals surface area contributed by atoms with E-state index in [1.54, 1.807) is 0 Å². The normalized spacial score (nSPS) is 11.6. The fourth-order valence-corrected chi connectivity index (χ4v) is 3.51. The molecule has 0 amide bonds. The highest BCUT2D eigenvalue weighted by Crippen LogP contribution is 2.29. The van der Waals surface area contributed by atoms with Crippen LogP contribution in [0.2, 0.25) is 0 Å². The lowest BCUT2D eigenvalue weighted by Gasteiger charge is -2.13. The summed E-state index contributed by atoms with van der Waals surface area (Å²) >= 11 is 0. The maximum atomic E-state index is 5.65. The molecule has 0 radical (unpaired) electrons. The highest BCUT2D eigenvalue weighted by Gasteiger charge is 2.08. The fourth-order valence-electron chi connectivity index (χ4n) is 3.51. The van der Waals surface area contributed by atoms with Crippen molar-refractivity contribution < 1.29 is 0 Å². The SMILES string of the molecule is C#C/C(C)=C(/CCC)c1ccc(-c2ccccc2Cc2ccccc2)cc1. The minimum atomic E-state index is 0.940. The third kappa shape index (κ3) is 4.57. The Bertz CT molecular complexity index is 951. The highest BCUT2D eigenvalue weighted by atomic mass is 14.1. The van der Waals surface area contributed by atoms with E-state index in [1.165, 1.54) is 33.4 Å². The minimum absolute atomic E-state index is 0.940. The molecule has 0 aliphatic rings. The Kier molecular flexibility index (Phi) is 6.29. The first-order valence-electron chi connectivity index (χ1n) is 9.62. The number of benzene rings is 3. The smallest absolute Gasteiger partial charge is 0.00245 e. The standard InChI is InChI=1S/C27H26/c1-4-11-26(21(3)5-2)23-16-18-24(19-17-23)27-15-10-9-14-25(27)20-22-12-7-6-8-13-22/h2,6-10,12-19H,4,11,20H2,1,3H3/b26-21-. The summed E-state index contributed by atoms with van der Waals surface area (Å²) in [7, 11) is 0. The molecule has 0 saturated carbocycles. The Labute approximate surface area is 163 Å². The van der Waals surface area contributed by atoms with Crippen molar-refractivity contribution in [2.45, 2.75) is 33.1 Å². The molecule has 0 aliphatic carbocycles. The molecule has 0 nitrogen and oxygen atoms in total. The summed E-state index contributed by atoms with van der Waals surface area (Å²) in [5, 5.41) is 0. The molecule has 3 aromatic rings. The van der Waals surface area contributed by atoms with Gasteiger partial charge in [-0.05, 0) is 53.2 Å². The molecule has 0 bridgehead atoms. The first-order chi connectivity index (χ1) is 13.2. The summed E-state index contributed by atoms with van der Waals surface area (Å²) in [5.41, 5.74) is 8.77. The van der Waals surface area contributed by atoms with Crippen LogP contribution in [0.1, 0.15) is 43.4 Å². The van der Waals surface area contributed by atoms with Crippen molar-refractivity contribution in [3.63, 3.8) is 0 Å². The van der Waals surface area contributed by atoms with E-state index in [0.717, 1.165) is 24.8 Å². The lowest BCUT2D eigenvalue weighted by atomic mass is 9.92. The topological polar surface area (TPSA) is 0 Å². The second kappa shape index (κ2) is 9.06. The summed E-state index contributed by atoms with van der Waals surface area (Å²) < 4.78 is 0. The second-order valence-corrected chi connectivity index (χ2v) is 6.89. The van der Waals surface area contributed by atoms with Crippen molar-refractivity contribution in [1.29, 1.82) is 0 Å². The van der Waals surface area contributed by atoms with Gasteiger partial charge >= 0.3 is 0 Å². The number of hydrogen-bond donors (Lipinski definition) is 0. The van der Waals surface area contributed by atoms with Gasteiger partial charge in [0.25, 0.3) is 0 Å². The Morgan fingerprint density at radius 2 is 1.52 bits per heavy atom. The average Bonchev–Trinajstić information content (AvgIpc) is 2.73. The van der Waals surface area contributed by atoms with Crippen molar-refractivity contribution in [2.75, 3.05) is 0 Å². The maximum Gasteiger partial charge on any atom is 0.00245 e. The molecule has 3 rings (SSSR count). The lowest BCUT2D eigenvalue weighted by molar-refractivity contribution is 0.969. The zero-order valence-electron chi connectivity index (χ0n) is 16.2. The van der Waals surface area contributed by atoms with Crippen LogP contribution in [0.4, 0.5) is 0 Å². The average molecular weight is 351 g/mol. The quantitative estimate of drug-likeness (QED) is 0.414. The summed E-state index contributed by atoms with van der Waals surface area (Å²) in [5.74, 6) is 2.81. The number of allylic oxidation sites excluding steroid dienone is 2. The van der Waals surface area contributed by atoms with Gasteiger partial charge in [0.2, 0.25) is 0 Å². The molecule has 0 aromatic heterocycles. The predicted molar refractivity (Wildman–Crippen MR) is 117 cm³/mol. The van der Waals surface area contributed by atoms with Gasteiger partial charge < -0.3 is 0 Å². The van der Waals surface area contributed by atoms with Gasteiger partial charge in [0, 0.05) is 5.57 Å². The zero-order chi connectivity index (χ0) is 19.1. The molecule has 27 heavy (non-hydrogen) atoms. The minimum Gasteiger partial charge on any atom is -0.115 e. The molecule has 3 aromatic carbocycles. The van der Waals surface area contributed by atoms with Crippen LogP contribution in [0.25, 0.3) is 16.7 Å². The van der Waals surface area contributed by atoms with E-state index in [0.29, 0.717) is 0 Å². The first kappa shape index (κ1) is 18.7. The second-order valence-electron chi connectivity index (χ2n) is 6.89. The summed E-state index contributed by atoms with van der Waals surface area (Å²) in [6, 6.07) is 28.2. The van der Waals surface area contributed by atoms with Crippen molar-refractivity contribution in [1.82, 2.24) is 0 Å². The highest BCUT2D eigenvalue weighted by molar-refractivity contribution is 5.75. The molecule has 134 valence electrons. The lowest BCUT2D eigenvalue weighted by Crippen LogP contribution is -1.93. The van der Waals surface area contributed by atoms with Gasteiger partial charge in [-0.3, -0.25) is 0 Å². The van der Waals surface area contributed by atoms with E-state index in [1.807, 2.05) is 6.92 Å². The Hall–Kier alpha value is -3.04. The molecule has 0 spiro atoms. The van der Waals surface area contributed by atoms with Gasteiger partial charge in [-0.25, -0.2) is 0 Å². The van der Waals surface area contributed by atoms with Crippen LogP contribution >= 0.6 is 0 Å². The monoisotopic (exact) mass is 350 g/mol. The molecule has 0 heteroatoms. The maximum absolute atomic E-state index is 5.65. The number of terminal acetylenes is 1. The summed E-state index contributed by atoms with van der Waals surface area (Å²) in [6.45, 7) is 4.23. The fraction of sp³-hybridized carbons (Fsp3) is 0.185. The summed E-state index contributed by atoms with van der Waals surface area (Å²) in [4.78, 5) is 0. The van der Waals surface area contributed by atoms with Crippen molar-refractivity contribution in [2.24, 2.45) is 0 Å². The van der Waals surface area contributed by atoms with Gasteiger partial charge in [0.05, 0.1) is 0 Å². The van der Waals surface area contributed by atoms with Crippen LogP contribution in [-0.2, 0) is 6.42 Å². The van der Waals surface area contributed by atoms with Gasteiger partial charge in [0.15, 0.2) is 0 Å². The van der Waals surface area contributed by atoms with E-state index < -0.39 is 0 Å².